The van der Waals surface area contributed by atoms with E-state index < -0.39 is 16.8 Å². The number of hydrogen-bond donors (Lipinski definition) is 2. The second kappa shape index (κ2) is 7.59. The van der Waals surface area contributed by atoms with Crippen LogP contribution < -0.4 is 5.32 Å². The van der Waals surface area contributed by atoms with Crippen LogP contribution in [0.5, 0.6) is 0 Å². The summed E-state index contributed by atoms with van der Waals surface area (Å²) in [5, 5.41) is 11.3. The van der Waals surface area contributed by atoms with Gasteiger partial charge in [-0.15, -0.1) is 0 Å². The quantitative estimate of drug-likeness (QED) is 0.774. The lowest BCUT2D eigenvalue weighted by atomic mass is 10.1. The van der Waals surface area contributed by atoms with Crippen LogP contribution in [0.15, 0.2) is 30.3 Å². The molecule has 108 valence electrons. The monoisotopic (exact) mass is 295 g/mol. The Kier molecular flexibility index (Phi) is 6.11. The van der Waals surface area contributed by atoms with Crippen LogP contribution in [0.25, 0.3) is 6.08 Å². The number of rotatable bonds is 6. The average Bonchev–Trinajstić information content (AvgIpc) is 2.35. The third-order valence-corrected chi connectivity index (χ3v) is 3.40. The lowest BCUT2D eigenvalue weighted by molar-refractivity contribution is -0.131. The maximum atomic E-state index is 12.0. The van der Waals surface area contributed by atoms with Crippen molar-refractivity contribution >= 4 is 28.8 Å². The van der Waals surface area contributed by atoms with Gasteiger partial charge < -0.3 is 10.4 Å². The van der Waals surface area contributed by atoms with Gasteiger partial charge in [-0.05, 0) is 30.7 Å². The van der Waals surface area contributed by atoms with Crippen LogP contribution in [-0.2, 0) is 15.6 Å². The highest BCUT2D eigenvalue weighted by molar-refractivity contribution is 7.84. The molecule has 0 spiro atoms. The lowest BCUT2D eigenvalue weighted by Crippen LogP contribution is -2.36. The van der Waals surface area contributed by atoms with Gasteiger partial charge in [0.1, 0.15) is 0 Å². The topological polar surface area (TPSA) is 83.5 Å². The zero-order valence-electron chi connectivity index (χ0n) is 11.3. The Hall–Kier alpha value is -1.95. The molecular weight excluding hydrogens is 278 g/mol. The van der Waals surface area contributed by atoms with Crippen molar-refractivity contribution in [1.29, 1.82) is 0 Å². The van der Waals surface area contributed by atoms with E-state index in [-0.39, 0.29) is 11.9 Å². The summed E-state index contributed by atoms with van der Waals surface area (Å²) < 4.78 is 11.1. The summed E-state index contributed by atoms with van der Waals surface area (Å²) in [6.07, 6.45) is 4.02. The SMILES string of the molecule is CC(CS(C)=O)NC(=O)c1cccc(/C=C/C(=O)O)c1. The summed E-state index contributed by atoms with van der Waals surface area (Å²) in [4.78, 5) is 22.4. The molecule has 1 rings (SSSR count). The molecule has 1 aromatic rings. The Bertz CT molecular complexity index is 554. The zero-order valence-corrected chi connectivity index (χ0v) is 12.1. The Morgan fingerprint density at radius 2 is 2.15 bits per heavy atom. The van der Waals surface area contributed by atoms with E-state index in [9.17, 15) is 13.8 Å². The van der Waals surface area contributed by atoms with Gasteiger partial charge in [0.2, 0.25) is 0 Å². The van der Waals surface area contributed by atoms with E-state index in [2.05, 4.69) is 5.32 Å². The fraction of sp³-hybridized carbons (Fsp3) is 0.286. The van der Waals surface area contributed by atoms with Crippen molar-refractivity contribution in [3.63, 3.8) is 0 Å². The number of benzene rings is 1. The van der Waals surface area contributed by atoms with Gasteiger partial charge in [0, 0.05) is 40.5 Å². The number of carbonyl (C=O) groups is 2. The number of carboxylic acid groups (broad SMARTS) is 1. The smallest absolute Gasteiger partial charge is 0.328 e. The van der Waals surface area contributed by atoms with Gasteiger partial charge in [-0.25, -0.2) is 4.79 Å². The zero-order chi connectivity index (χ0) is 15.1. The normalized spacial score (nSPS) is 13.9. The molecule has 0 aliphatic heterocycles. The van der Waals surface area contributed by atoms with Crippen molar-refractivity contribution in [3.8, 4) is 0 Å². The molecule has 5 nitrogen and oxygen atoms in total. The first-order valence-electron chi connectivity index (χ1n) is 6.00. The molecule has 0 aromatic heterocycles. The number of carbonyl (C=O) groups excluding carboxylic acids is 1. The van der Waals surface area contributed by atoms with Gasteiger partial charge in [-0.1, -0.05) is 12.1 Å². The molecule has 0 aliphatic carbocycles. The summed E-state index contributed by atoms with van der Waals surface area (Å²) in [5.74, 6) is -0.919. The molecule has 0 radical (unpaired) electrons. The summed E-state index contributed by atoms with van der Waals surface area (Å²) in [5.41, 5.74) is 1.07. The molecule has 2 N–H and O–H groups in total. The number of aliphatic carboxylic acids is 1. The van der Waals surface area contributed by atoms with Gasteiger partial charge >= 0.3 is 5.97 Å². The maximum Gasteiger partial charge on any atom is 0.328 e. The van der Waals surface area contributed by atoms with Crippen LogP contribution in [0, 0.1) is 0 Å². The standard InChI is InChI=1S/C14H17NO4S/c1-10(9-20(2)19)15-14(18)12-5-3-4-11(8-12)6-7-13(16)17/h3-8,10H,9H2,1-2H3,(H,15,18)(H,16,17)/b7-6+. The minimum atomic E-state index is -1.04. The molecular formula is C14H17NO4S. The minimum absolute atomic E-state index is 0.188. The summed E-state index contributed by atoms with van der Waals surface area (Å²) in [7, 11) is -0.972. The fourth-order valence-corrected chi connectivity index (χ4v) is 2.44. The average molecular weight is 295 g/mol. The van der Waals surface area contributed by atoms with Gasteiger partial charge in [0.15, 0.2) is 0 Å². The number of nitrogens with one attached hydrogen (secondary N) is 1. The van der Waals surface area contributed by atoms with E-state index in [4.69, 9.17) is 5.11 Å². The van der Waals surface area contributed by atoms with Gasteiger partial charge in [0.25, 0.3) is 5.91 Å². The van der Waals surface area contributed by atoms with E-state index in [1.807, 2.05) is 0 Å². The number of hydrogen-bond acceptors (Lipinski definition) is 3. The Morgan fingerprint density at radius 1 is 1.45 bits per heavy atom. The van der Waals surface area contributed by atoms with Crippen LogP contribution in [0.3, 0.4) is 0 Å². The van der Waals surface area contributed by atoms with Crippen LogP contribution >= 0.6 is 0 Å². The third kappa shape index (κ3) is 5.79. The second-order valence-corrected chi connectivity index (χ2v) is 5.89. The van der Waals surface area contributed by atoms with E-state index in [0.29, 0.717) is 16.9 Å². The second-order valence-electron chi connectivity index (χ2n) is 4.41. The molecule has 2 unspecified atom stereocenters. The minimum Gasteiger partial charge on any atom is -0.478 e. The van der Waals surface area contributed by atoms with Crippen molar-refractivity contribution < 1.29 is 18.9 Å². The fourth-order valence-electron chi connectivity index (χ4n) is 1.65. The van der Waals surface area contributed by atoms with Crippen molar-refractivity contribution in [2.75, 3.05) is 12.0 Å². The predicted octanol–water partition coefficient (Wildman–Crippen LogP) is 1.28. The molecule has 1 aromatic carbocycles. The molecule has 0 bridgehead atoms. The first-order chi connectivity index (χ1) is 9.38. The van der Waals surface area contributed by atoms with Crippen molar-refractivity contribution in [2.45, 2.75) is 13.0 Å². The van der Waals surface area contributed by atoms with Crippen LogP contribution in [0.1, 0.15) is 22.8 Å². The highest BCUT2D eigenvalue weighted by Crippen LogP contribution is 2.07. The molecule has 0 saturated heterocycles. The largest absolute Gasteiger partial charge is 0.478 e. The van der Waals surface area contributed by atoms with E-state index in [0.717, 1.165) is 6.08 Å². The molecule has 0 fully saturated rings. The molecule has 2 atom stereocenters. The molecule has 0 heterocycles. The van der Waals surface area contributed by atoms with E-state index in [1.54, 1.807) is 37.4 Å². The highest BCUT2D eigenvalue weighted by Gasteiger charge is 2.10. The van der Waals surface area contributed by atoms with Crippen molar-refractivity contribution in [2.24, 2.45) is 0 Å². The molecule has 1 amide bonds. The Labute approximate surface area is 120 Å². The van der Waals surface area contributed by atoms with Crippen LogP contribution in [0.4, 0.5) is 0 Å². The van der Waals surface area contributed by atoms with E-state index >= 15 is 0 Å². The van der Waals surface area contributed by atoms with E-state index in [1.165, 1.54) is 6.08 Å². The summed E-state index contributed by atoms with van der Waals surface area (Å²) in [6, 6.07) is 6.44. The van der Waals surface area contributed by atoms with Gasteiger partial charge in [0.05, 0.1) is 0 Å². The third-order valence-electron chi connectivity index (χ3n) is 2.43. The molecule has 6 heteroatoms. The van der Waals surface area contributed by atoms with Gasteiger partial charge in [-0.3, -0.25) is 9.00 Å². The summed E-state index contributed by atoms with van der Waals surface area (Å²) >= 11 is 0. The van der Waals surface area contributed by atoms with Crippen molar-refractivity contribution in [1.82, 2.24) is 5.32 Å². The first-order valence-corrected chi connectivity index (χ1v) is 7.73. The number of amides is 1. The van der Waals surface area contributed by atoms with Crippen LogP contribution in [-0.4, -0.2) is 39.2 Å². The highest BCUT2D eigenvalue weighted by atomic mass is 32.2. The molecule has 20 heavy (non-hydrogen) atoms. The Balaban J connectivity index is 2.76. The molecule has 0 saturated carbocycles. The van der Waals surface area contributed by atoms with Crippen molar-refractivity contribution in [3.05, 3.63) is 41.5 Å². The summed E-state index contributed by atoms with van der Waals surface area (Å²) in [6.45, 7) is 1.79. The first kappa shape index (κ1) is 16.1. The number of carboxylic acids is 1. The molecule has 0 aliphatic rings. The van der Waals surface area contributed by atoms with Gasteiger partial charge in [-0.2, -0.15) is 0 Å². The predicted molar refractivity (Wildman–Crippen MR) is 79.0 cm³/mol. The maximum absolute atomic E-state index is 12.0. The Morgan fingerprint density at radius 3 is 2.75 bits per heavy atom. The van der Waals surface area contributed by atoms with Crippen LogP contribution in [0.2, 0.25) is 0 Å². The lowest BCUT2D eigenvalue weighted by Gasteiger charge is -2.12.